The molecule has 18 heavy (non-hydrogen) atoms. The molecule has 1 rings (SSSR count). The van der Waals surface area contributed by atoms with Crippen LogP contribution in [-0.4, -0.2) is 15.0 Å². The molecule has 3 N–H and O–H groups in total. The number of anilines is 1. The number of sulfonamides is 1. The van der Waals surface area contributed by atoms with Crippen LogP contribution in [0, 0.1) is 11.3 Å². The van der Waals surface area contributed by atoms with Crippen LogP contribution >= 0.6 is 0 Å². The monoisotopic (exact) mass is 270 g/mol. The first-order valence-corrected chi connectivity index (χ1v) is 7.55. The Morgan fingerprint density at radius 1 is 1.28 bits per heavy atom. The van der Waals surface area contributed by atoms with Crippen LogP contribution in [0.25, 0.3) is 0 Å². The maximum Gasteiger partial charge on any atom is 0.240 e. The Hall–Kier alpha value is -1.07. The molecule has 0 heterocycles. The van der Waals surface area contributed by atoms with E-state index in [4.69, 9.17) is 5.14 Å². The number of nitrogens with two attached hydrogens (primary N) is 1. The van der Waals surface area contributed by atoms with Crippen LogP contribution in [0.4, 0.5) is 5.69 Å². The van der Waals surface area contributed by atoms with Gasteiger partial charge in [0, 0.05) is 6.54 Å². The van der Waals surface area contributed by atoms with Gasteiger partial charge in [-0.3, -0.25) is 0 Å². The molecule has 0 aliphatic rings. The van der Waals surface area contributed by atoms with Gasteiger partial charge in [0.25, 0.3) is 0 Å². The van der Waals surface area contributed by atoms with Crippen LogP contribution in [0.3, 0.4) is 0 Å². The van der Waals surface area contributed by atoms with E-state index in [0.717, 1.165) is 0 Å². The van der Waals surface area contributed by atoms with Gasteiger partial charge in [0.15, 0.2) is 0 Å². The maximum absolute atomic E-state index is 11.4. The molecule has 1 aromatic rings. The van der Waals surface area contributed by atoms with E-state index in [2.05, 4.69) is 33.0 Å². The van der Waals surface area contributed by atoms with Gasteiger partial charge in [0.1, 0.15) is 4.90 Å². The quantitative estimate of drug-likeness (QED) is 0.863. The topological polar surface area (TPSA) is 72.2 Å². The fourth-order valence-corrected chi connectivity index (χ4v) is 2.10. The SMILES string of the molecule is CC(C)C(C)(C)CNc1ccccc1S(N)(=O)=O. The number of hydrogen-bond acceptors (Lipinski definition) is 3. The summed E-state index contributed by atoms with van der Waals surface area (Å²) in [7, 11) is -3.68. The fourth-order valence-electron chi connectivity index (χ4n) is 1.39. The summed E-state index contributed by atoms with van der Waals surface area (Å²) in [4.78, 5) is 0.143. The van der Waals surface area contributed by atoms with Crippen LogP contribution in [0.1, 0.15) is 27.7 Å². The van der Waals surface area contributed by atoms with E-state index in [-0.39, 0.29) is 10.3 Å². The molecule has 0 atom stereocenters. The molecule has 0 aromatic heterocycles. The fraction of sp³-hybridized carbons (Fsp3) is 0.538. The Kier molecular flexibility index (Phi) is 4.40. The Labute approximate surface area is 110 Å². The van der Waals surface area contributed by atoms with Crippen LogP contribution < -0.4 is 10.5 Å². The highest BCUT2D eigenvalue weighted by Crippen LogP contribution is 2.27. The van der Waals surface area contributed by atoms with E-state index in [1.54, 1.807) is 18.2 Å². The minimum Gasteiger partial charge on any atom is -0.383 e. The lowest BCUT2D eigenvalue weighted by atomic mass is 9.81. The Bertz CT molecular complexity index is 507. The van der Waals surface area contributed by atoms with E-state index in [9.17, 15) is 8.42 Å². The van der Waals surface area contributed by atoms with E-state index in [1.807, 2.05) is 0 Å². The first kappa shape index (κ1) is 15.0. The molecule has 0 saturated carbocycles. The van der Waals surface area contributed by atoms with Gasteiger partial charge in [-0.05, 0) is 23.5 Å². The molecular weight excluding hydrogens is 248 g/mol. The van der Waals surface area contributed by atoms with Crippen molar-refractivity contribution >= 4 is 15.7 Å². The zero-order valence-electron chi connectivity index (χ0n) is 11.4. The number of hydrogen-bond donors (Lipinski definition) is 2. The van der Waals surface area contributed by atoms with E-state index >= 15 is 0 Å². The Morgan fingerprint density at radius 2 is 1.83 bits per heavy atom. The number of nitrogens with one attached hydrogen (secondary N) is 1. The largest absolute Gasteiger partial charge is 0.383 e. The summed E-state index contributed by atoms with van der Waals surface area (Å²) in [6.07, 6.45) is 0. The number of rotatable bonds is 5. The highest BCUT2D eigenvalue weighted by atomic mass is 32.2. The van der Waals surface area contributed by atoms with E-state index in [1.165, 1.54) is 6.07 Å². The zero-order chi connectivity index (χ0) is 14.0. The maximum atomic E-state index is 11.4. The third-order valence-electron chi connectivity index (χ3n) is 3.49. The van der Waals surface area contributed by atoms with Crippen molar-refractivity contribution in [2.45, 2.75) is 32.6 Å². The third kappa shape index (κ3) is 3.71. The van der Waals surface area contributed by atoms with Crippen LogP contribution in [0.15, 0.2) is 29.2 Å². The summed E-state index contributed by atoms with van der Waals surface area (Å²) in [6, 6.07) is 6.70. The van der Waals surface area contributed by atoms with Gasteiger partial charge in [-0.25, -0.2) is 13.6 Å². The predicted octanol–water partition coefficient (Wildman–Crippen LogP) is 2.43. The molecule has 0 aliphatic carbocycles. The molecule has 4 nitrogen and oxygen atoms in total. The van der Waals surface area contributed by atoms with Gasteiger partial charge < -0.3 is 5.32 Å². The molecule has 5 heteroatoms. The zero-order valence-corrected chi connectivity index (χ0v) is 12.2. The first-order chi connectivity index (χ1) is 8.14. The Balaban J connectivity index is 2.94. The summed E-state index contributed by atoms with van der Waals surface area (Å²) in [5, 5.41) is 8.37. The van der Waals surface area contributed by atoms with E-state index in [0.29, 0.717) is 18.2 Å². The average molecular weight is 270 g/mol. The lowest BCUT2D eigenvalue weighted by Gasteiger charge is -2.30. The molecule has 0 aliphatic heterocycles. The standard InChI is InChI=1S/C13H22N2O2S/c1-10(2)13(3,4)9-15-11-7-5-6-8-12(11)18(14,16)17/h5-8,10,15H,9H2,1-4H3,(H2,14,16,17). The highest BCUT2D eigenvalue weighted by molar-refractivity contribution is 7.89. The molecule has 0 spiro atoms. The van der Waals surface area contributed by atoms with Crippen LogP contribution in [-0.2, 0) is 10.0 Å². The molecule has 0 fully saturated rings. The summed E-state index contributed by atoms with van der Waals surface area (Å²) in [5.74, 6) is 0.492. The van der Waals surface area contributed by atoms with Crippen molar-refractivity contribution < 1.29 is 8.42 Å². The summed E-state index contributed by atoms with van der Waals surface area (Å²) < 4.78 is 22.9. The molecular formula is C13H22N2O2S. The lowest BCUT2D eigenvalue weighted by Crippen LogP contribution is -2.29. The van der Waals surface area contributed by atoms with Crippen molar-refractivity contribution in [3.8, 4) is 0 Å². The summed E-state index contributed by atoms with van der Waals surface area (Å²) >= 11 is 0. The van der Waals surface area contributed by atoms with Gasteiger partial charge in [-0.15, -0.1) is 0 Å². The third-order valence-corrected chi connectivity index (χ3v) is 4.46. The van der Waals surface area contributed by atoms with E-state index < -0.39 is 10.0 Å². The van der Waals surface area contributed by atoms with Crippen molar-refractivity contribution in [1.82, 2.24) is 0 Å². The predicted molar refractivity (Wildman–Crippen MR) is 74.9 cm³/mol. The van der Waals surface area contributed by atoms with Gasteiger partial charge >= 0.3 is 0 Å². The number of para-hydroxylation sites is 1. The van der Waals surface area contributed by atoms with Gasteiger partial charge in [0.05, 0.1) is 5.69 Å². The second-order valence-corrected chi connectivity index (χ2v) is 7.07. The molecule has 0 unspecified atom stereocenters. The van der Waals surface area contributed by atoms with Crippen LogP contribution in [0.2, 0.25) is 0 Å². The molecule has 102 valence electrons. The smallest absolute Gasteiger partial charge is 0.240 e. The molecule has 0 saturated heterocycles. The van der Waals surface area contributed by atoms with Crippen molar-refractivity contribution in [3.63, 3.8) is 0 Å². The normalized spacial score (nSPS) is 12.8. The van der Waals surface area contributed by atoms with Crippen molar-refractivity contribution in [3.05, 3.63) is 24.3 Å². The van der Waals surface area contributed by atoms with Crippen molar-refractivity contribution in [2.75, 3.05) is 11.9 Å². The number of primary sulfonamides is 1. The molecule has 0 bridgehead atoms. The number of benzene rings is 1. The van der Waals surface area contributed by atoms with Gasteiger partial charge in [-0.2, -0.15) is 0 Å². The molecule has 1 aromatic carbocycles. The summed E-state index contributed by atoms with van der Waals surface area (Å²) in [5.41, 5.74) is 0.639. The Morgan fingerprint density at radius 3 is 2.33 bits per heavy atom. The second kappa shape index (κ2) is 5.28. The average Bonchev–Trinajstić information content (AvgIpc) is 2.25. The molecule has 0 radical (unpaired) electrons. The molecule has 0 amide bonds. The lowest BCUT2D eigenvalue weighted by molar-refractivity contribution is 0.269. The second-order valence-electron chi connectivity index (χ2n) is 5.54. The van der Waals surface area contributed by atoms with Crippen molar-refractivity contribution in [1.29, 1.82) is 0 Å². The summed E-state index contributed by atoms with van der Waals surface area (Å²) in [6.45, 7) is 9.27. The minimum absolute atomic E-state index is 0.0749. The minimum atomic E-state index is -3.68. The van der Waals surface area contributed by atoms with Gasteiger partial charge in [-0.1, -0.05) is 39.8 Å². The van der Waals surface area contributed by atoms with Crippen molar-refractivity contribution in [2.24, 2.45) is 16.5 Å². The first-order valence-electron chi connectivity index (χ1n) is 6.00. The van der Waals surface area contributed by atoms with Gasteiger partial charge in [0.2, 0.25) is 10.0 Å². The highest BCUT2D eigenvalue weighted by Gasteiger charge is 2.23. The van der Waals surface area contributed by atoms with Crippen LogP contribution in [0.5, 0.6) is 0 Å².